The molecule has 0 radical (unpaired) electrons. The van der Waals surface area contributed by atoms with Crippen LogP contribution in [0.25, 0.3) is 16.3 Å². The molecule has 1 N–H and O–H groups in total. The van der Waals surface area contributed by atoms with E-state index in [9.17, 15) is 9.59 Å². The molecule has 24 heavy (non-hydrogen) atoms. The van der Waals surface area contributed by atoms with Crippen molar-refractivity contribution < 1.29 is 9.59 Å². The van der Waals surface area contributed by atoms with Gasteiger partial charge in [-0.25, -0.2) is 0 Å². The molecular weight excluding hydrogens is 298 g/mol. The molecule has 0 aliphatic heterocycles. The second-order valence-electron chi connectivity index (χ2n) is 5.79. The molecule has 0 fully saturated rings. The fraction of sp³-hybridized carbons (Fsp3) is 0.0476. The highest BCUT2D eigenvalue weighted by atomic mass is 16.2. The molecule has 0 saturated heterocycles. The van der Waals surface area contributed by atoms with Crippen molar-refractivity contribution in [3.63, 3.8) is 0 Å². The zero-order chi connectivity index (χ0) is 16.5. The van der Waals surface area contributed by atoms with Crippen molar-refractivity contribution in [3.8, 4) is 0 Å². The van der Waals surface area contributed by atoms with E-state index in [1.165, 1.54) is 0 Å². The molecule has 0 heterocycles. The number of benzene rings is 3. The van der Waals surface area contributed by atoms with Gasteiger partial charge >= 0.3 is 0 Å². The Balaban J connectivity index is 1.62. The number of rotatable bonds is 3. The number of ketones is 1. The van der Waals surface area contributed by atoms with Gasteiger partial charge < -0.3 is 5.32 Å². The number of Topliss-reactive ketones (excluding diaryl/α,β-unsaturated/α-hetero) is 1. The summed E-state index contributed by atoms with van der Waals surface area (Å²) in [6.45, 7) is 0. The van der Waals surface area contributed by atoms with Crippen molar-refractivity contribution in [2.75, 3.05) is 5.32 Å². The smallest absolute Gasteiger partial charge is 0.296 e. The Morgan fingerprint density at radius 2 is 1.58 bits per heavy atom. The minimum absolute atomic E-state index is 0.489. The zero-order valence-electron chi connectivity index (χ0n) is 13.0. The lowest BCUT2D eigenvalue weighted by atomic mass is 10.0. The van der Waals surface area contributed by atoms with Crippen LogP contribution in [0.3, 0.4) is 0 Å². The van der Waals surface area contributed by atoms with Crippen LogP contribution < -0.4 is 5.32 Å². The Morgan fingerprint density at radius 3 is 2.50 bits per heavy atom. The number of fused-ring (bicyclic) bond motifs is 2. The number of nitrogens with one attached hydrogen (secondary N) is 1. The van der Waals surface area contributed by atoms with Gasteiger partial charge in [-0.3, -0.25) is 9.59 Å². The van der Waals surface area contributed by atoms with E-state index in [1.807, 2.05) is 72.8 Å². The molecule has 1 amide bonds. The first kappa shape index (κ1) is 14.4. The van der Waals surface area contributed by atoms with Crippen molar-refractivity contribution in [1.29, 1.82) is 0 Å². The van der Waals surface area contributed by atoms with Crippen LogP contribution in [0.4, 0.5) is 5.69 Å². The first-order valence-corrected chi connectivity index (χ1v) is 7.86. The minimum atomic E-state index is -0.602. The molecule has 3 nitrogen and oxygen atoms in total. The highest BCUT2D eigenvalue weighted by molar-refractivity contribution is 6.56. The summed E-state index contributed by atoms with van der Waals surface area (Å²) in [5.74, 6) is -1.10. The van der Waals surface area contributed by atoms with Crippen molar-refractivity contribution in [3.05, 3.63) is 83.9 Å². The average Bonchev–Trinajstić information content (AvgIpc) is 3.05. The molecule has 0 atom stereocenters. The van der Waals surface area contributed by atoms with Gasteiger partial charge in [-0.2, -0.15) is 0 Å². The molecule has 0 saturated carbocycles. The summed E-state index contributed by atoms with van der Waals surface area (Å²) in [6, 6.07) is 21.1. The molecule has 1 aliphatic carbocycles. The summed E-state index contributed by atoms with van der Waals surface area (Å²) in [6.07, 6.45) is 2.52. The standard InChI is InChI=1S/C21H15NO2/c23-20(18-13-12-15-7-1-3-9-16(15)18)21(24)22-19-11-5-8-14-6-2-4-10-17(14)19/h1-11,13H,12H2,(H,22,24). The van der Waals surface area contributed by atoms with Crippen LogP contribution in [-0.4, -0.2) is 11.7 Å². The van der Waals surface area contributed by atoms with Crippen LogP contribution in [-0.2, 0) is 16.0 Å². The summed E-state index contributed by atoms with van der Waals surface area (Å²) < 4.78 is 0. The Kier molecular flexibility index (Phi) is 3.47. The molecule has 116 valence electrons. The Morgan fingerprint density at radius 1 is 0.833 bits per heavy atom. The van der Waals surface area contributed by atoms with E-state index in [1.54, 1.807) is 0 Å². The first-order chi connectivity index (χ1) is 11.7. The third kappa shape index (κ3) is 2.40. The number of hydrogen-bond acceptors (Lipinski definition) is 2. The van der Waals surface area contributed by atoms with E-state index in [2.05, 4.69) is 5.32 Å². The Hall–Kier alpha value is -3.20. The molecule has 0 aromatic heterocycles. The minimum Gasteiger partial charge on any atom is -0.319 e. The van der Waals surface area contributed by atoms with E-state index in [0.717, 1.165) is 21.9 Å². The van der Waals surface area contributed by atoms with Crippen molar-refractivity contribution >= 4 is 33.7 Å². The summed E-state index contributed by atoms with van der Waals surface area (Å²) in [5.41, 5.74) is 3.08. The van der Waals surface area contributed by atoms with Gasteiger partial charge in [-0.15, -0.1) is 0 Å². The van der Waals surface area contributed by atoms with Crippen LogP contribution in [0.15, 0.2) is 72.8 Å². The largest absolute Gasteiger partial charge is 0.319 e. The van der Waals surface area contributed by atoms with Crippen molar-refractivity contribution in [1.82, 2.24) is 0 Å². The zero-order valence-corrected chi connectivity index (χ0v) is 13.0. The van der Waals surface area contributed by atoms with E-state index in [0.29, 0.717) is 17.7 Å². The molecule has 3 aromatic rings. The van der Waals surface area contributed by atoms with Crippen LogP contribution in [0.1, 0.15) is 11.1 Å². The fourth-order valence-electron chi connectivity index (χ4n) is 3.13. The number of hydrogen-bond donors (Lipinski definition) is 1. The van der Waals surface area contributed by atoms with Crippen LogP contribution in [0, 0.1) is 0 Å². The van der Waals surface area contributed by atoms with E-state index < -0.39 is 11.7 Å². The maximum Gasteiger partial charge on any atom is 0.296 e. The third-order valence-corrected chi connectivity index (χ3v) is 4.32. The highest BCUT2D eigenvalue weighted by Crippen LogP contribution is 2.28. The Labute approximate surface area is 139 Å². The number of carbonyl (C=O) groups excluding carboxylic acids is 2. The normalized spacial score (nSPS) is 12.6. The number of carbonyl (C=O) groups is 2. The van der Waals surface area contributed by atoms with Gasteiger partial charge in [0.2, 0.25) is 0 Å². The van der Waals surface area contributed by atoms with Gasteiger partial charge in [0.25, 0.3) is 11.7 Å². The topological polar surface area (TPSA) is 46.2 Å². The molecule has 1 aliphatic rings. The van der Waals surface area contributed by atoms with Crippen LogP contribution >= 0.6 is 0 Å². The molecule has 0 unspecified atom stereocenters. The molecular formula is C21H15NO2. The first-order valence-electron chi connectivity index (χ1n) is 7.86. The van der Waals surface area contributed by atoms with Gasteiger partial charge in [-0.1, -0.05) is 66.7 Å². The van der Waals surface area contributed by atoms with Gasteiger partial charge in [0, 0.05) is 16.6 Å². The number of amides is 1. The van der Waals surface area contributed by atoms with Gasteiger partial charge in [-0.05, 0) is 29.0 Å². The molecule has 3 aromatic carbocycles. The monoisotopic (exact) mass is 313 g/mol. The van der Waals surface area contributed by atoms with E-state index >= 15 is 0 Å². The van der Waals surface area contributed by atoms with Crippen molar-refractivity contribution in [2.24, 2.45) is 0 Å². The second-order valence-corrected chi connectivity index (χ2v) is 5.79. The molecule has 0 spiro atoms. The van der Waals surface area contributed by atoms with E-state index in [4.69, 9.17) is 0 Å². The lowest BCUT2D eigenvalue weighted by molar-refractivity contribution is -0.131. The molecule has 4 rings (SSSR count). The summed E-state index contributed by atoms with van der Waals surface area (Å²) in [5, 5.41) is 4.70. The predicted octanol–water partition coefficient (Wildman–Crippen LogP) is 3.99. The van der Waals surface area contributed by atoms with Crippen LogP contribution in [0.2, 0.25) is 0 Å². The van der Waals surface area contributed by atoms with Gasteiger partial charge in [0.05, 0.1) is 0 Å². The molecule has 0 bridgehead atoms. The van der Waals surface area contributed by atoms with Crippen LogP contribution in [0.5, 0.6) is 0 Å². The second kappa shape index (κ2) is 5.78. The SMILES string of the molecule is O=C(Nc1cccc2ccccc12)C(=O)C1=CCc2ccccc21. The summed E-state index contributed by atoms with van der Waals surface area (Å²) >= 11 is 0. The predicted molar refractivity (Wildman–Crippen MR) is 95.7 cm³/mol. The maximum absolute atomic E-state index is 12.6. The van der Waals surface area contributed by atoms with Gasteiger partial charge in [0.1, 0.15) is 0 Å². The quantitative estimate of drug-likeness (QED) is 0.743. The average molecular weight is 313 g/mol. The lowest BCUT2D eigenvalue weighted by Crippen LogP contribution is -2.23. The molecule has 3 heteroatoms. The lowest BCUT2D eigenvalue weighted by Gasteiger charge is -2.09. The number of anilines is 1. The number of allylic oxidation sites excluding steroid dienone is 1. The maximum atomic E-state index is 12.6. The van der Waals surface area contributed by atoms with Gasteiger partial charge in [0.15, 0.2) is 0 Å². The highest BCUT2D eigenvalue weighted by Gasteiger charge is 2.25. The van der Waals surface area contributed by atoms with Crippen molar-refractivity contribution in [2.45, 2.75) is 6.42 Å². The third-order valence-electron chi connectivity index (χ3n) is 4.32. The fourth-order valence-corrected chi connectivity index (χ4v) is 3.13. The Bertz CT molecular complexity index is 996. The van der Waals surface area contributed by atoms with E-state index in [-0.39, 0.29) is 0 Å². The summed E-state index contributed by atoms with van der Waals surface area (Å²) in [4.78, 5) is 25.0. The summed E-state index contributed by atoms with van der Waals surface area (Å²) in [7, 11) is 0.